The second-order valence-corrected chi connectivity index (χ2v) is 8.26. The Hall–Kier alpha value is -3.19. The van der Waals surface area contributed by atoms with Crippen molar-refractivity contribution in [3.05, 3.63) is 64.5 Å². The summed E-state index contributed by atoms with van der Waals surface area (Å²) in [5.41, 5.74) is 4.38. The van der Waals surface area contributed by atoms with Crippen molar-refractivity contribution in [3.63, 3.8) is 0 Å². The predicted octanol–water partition coefficient (Wildman–Crippen LogP) is 3.66. The normalized spacial score (nSPS) is 22.6. The summed E-state index contributed by atoms with van der Waals surface area (Å²) in [7, 11) is 0. The van der Waals surface area contributed by atoms with Gasteiger partial charge in [0.1, 0.15) is 24.2 Å². The highest BCUT2D eigenvalue weighted by molar-refractivity contribution is 6.36. The molecule has 1 atom stereocenters. The van der Waals surface area contributed by atoms with Crippen molar-refractivity contribution in [3.8, 4) is 0 Å². The number of hydrogen-bond donors (Lipinski definition) is 2. The minimum atomic E-state index is -0.745. The molecule has 1 unspecified atom stereocenters. The molecular weight excluding hydrogens is 399 g/mol. The van der Waals surface area contributed by atoms with Gasteiger partial charge in [0.15, 0.2) is 0 Å². The van der Waals surface area contributed by atoms with Crippen LogP contribution >= 0.6 is 0 Å². The van der Waals surface area contributed by atoms with E-state index in [1.807, 2.05) is 12.1 Å². The molecule has 0 aromatic heterocycles. The van der Waals surface area contributed by atoms with Crippen LogP contribution in [0.1, 0.15) is 41.5 Å². The zero-order valence-electron chi connectivity index (χ0n) is 17.0. The van der Waals surface area contributed by atoms with Crippen molar-refractivity contribution >= 4 is 28.9 Å². The molecule has 0 spiro atoms. The Bertz CT molecular complexity index is 1110. The van der Waals surface area contributed by atoms with Crippen LogP contribution in [-0.4, -0.2) is 41.0 Å². The molecule has 6 nitrogen and oxygen atoms in total. The number of fused-ring (bicyclic) bond motifs is 2. The summed E-state index contributed by atoms with van der Waals surface area (Å²) < 4.78 is 19.7. The van der Waals surface area contributed by atoms with Crippen LogP contribution in [0.4, 0.5) is 10.1 Å². The molecule has 2 aromatic carbocycles. The highest BCUT2D eigenvalue weighted by Gasteiger charge is 2.33. The lowest BCUT2D eigenvalue weighted by Gasteiger charge is -2.32. The lowest BCUT2D eigenvalue weighted by Crippen LogP contribution is -2.45. The third-order valence-corrected chi connectivity index (χ3v) is 6.33. The average molecular weight is 422 g/mol. The van der Waals surface area contributed by atoms with Crippen molar-refractivity contribution in [2.24, 2.45) is 0 Å². The first-order chi connectivity index (χ1) is 15.0. The van der Waals surface area contributed by atoms with Crippen LogP contribution in [0.3, 0.4) is 0 Å². The maximum Gasteiger partial charge on any atom is 0.320 e. The van der Waals surface area contributed by atoms with Gasteiger partial charge in [-0.2, -0.15) is 0 Å². The Morgan fingerprint density at radius 3 is 2.90 bits per heavy atom. The number of amides is 1. The van der Waals surface area contributed by atoms with Crippen molar-refractivity contribution in [1.82, 2.24) is 4.90 Å². The molecule has 3 heterocycles. The van der Waals surface area contributed by atoms with Crippen molar-refractivity contribution in [2.75, 3.05) is 18.4 Å². The number of rotatable bonds is 4. The number of carboxylic acids is 1. The van der Waals surface area contributed by atoms with Crippen LogP contribution in [0, 0.1) is 5.82 Å². The molecule has 0 aliphatic carbocycles. The van der Waals surface area contributed by atoms with Gasteiger partial charge in [-0.25, -0.2) is 4.39 Å². The minimum absolute atomic E-state index is 0.294. The maximum atomic E-state index is 13.8. The van der Waals surface area contributed by atoms with Crippen molar-refractivity contribution in [1.29, 1.82) is 0 Å². The van der Waals surface area contributed by atoms with Crippen LogP contribution in [-0.2, 0) is 27.4 Å². The molecule has 3 aliphatic rings. The van der Waals surface area contributed by atoms with E-state index < -0.39 is 17.8 Å². The summed E-state index contributed by atoms with van der Waals surface area (Å²) in [6, 6.07) is 9.82. The first-order valence-electron chi connectivity index (χ1n) is 10.6. The van der Waals surface area contributed by atoms with E-state index in [0.717, 1.165) is 42.5 Å². The van der Waals surface area contributed by atoms with E-state index >= 15 is 0 Å². The van der Waals surface area contributed by atoms with E-state index in [1.165, 1.54) is 12.1 Å². The molecule has 0 saturated carbocycles. The molecule has 3 aliphatic heterocycles. The fourth-order valence-electron chi connectivity index (χ4n) is 4.75. The Morgan fingerprint density at radius 1 is 1.19 bits per heavy atom. The van der Waals surface area contributed by atoms with Gasteiger partial charge in [-0.3, -0.25) is 14.5 Å². The monoisotopic (exact) mass is 422 g/mol. The number of hydrogen-bond acceptors (Lipinski definition) is 4. The van der Waals surface area contributed by atoms with Crippen LogP contribution in [0.2, 0.25) is 0 Å². The van der Waals surface area contributed by atoms with E-state index in [2.05, 4.69) is 16.3 Å². The molecule has 1 saturated heterocycles. The first-order valence-corrected chi connectivity index (χ1v) is 10.6. The summed E-state index contributed by atoms with van der Waals surface area (Å²) in [4.78, 5) is 26.1. The maximum absolute atomic E-state index is 13.8. The van der Waals surface area contributed by atoms with Crippen molar-refractivity contribution in [2.45, 2.75) is 38.3 Å². The van der Waals surface area contributed by atoms with Crippen LogP contribution in [0.15, 0.2) is 36.4 Å². The second-order valence-electron chi connectivity index (χ2n) is 8.26. The lowest BCUT2D eigenvalue weighted by molar-refractivity contribution is -0.144. The summed E-state index contributed by atoms with van der Waals surface area (Å²) in [6.07, 6.45) is 3.44. The van der Waals surface area contributed by atoms with Gasteiger partial charge in [0.2, 0.25) is 0 Å². The van der Waals surface area contributed by atoms with Gasteiger partial charge in [0.05, 0.1) is 5.57 Å². The molecule has 160 valence electrons. The number of anilines is 1. The topological polar surface area (TPSA) is 78.9 Å². The third kappa shape index (κ3) is 3.59. The molecule has 0 bridgehead atoms. The number of nitrogens with one attached hydrogen (secondary N) is 1. The quantitative estimate of drug-likeness (QED) is 0.736. The molecule has 31 heavy (non-hydrogen) atoms. The number of ether oxygens (including phenoxy) is 1. The average Bonchev–Trinajstić information content (AvgIpc) is 3.31. The van der Waals surface area contributed by atoms with E-state index in [0.29, 0.717) is 42.2 Å². The largest absolute Gasteiger partial charge is 0.487 e. The number of nitrogens with zero attached hydrogens (tertiary/aromatic N) is 1. The standard InChI is InChI=1S/C24H23FN2O4/c25-16-5-7-19-18(12-16)21(23(28)26-19)22-17-6-4-14(11-15(17)13-31-22)8-10-27-9-2-1-3-20(27)24(29)30/h4-7,11-12,20H,1-3,8-10,13H2,(H,26,28)(H,29,30). The highest BCUT2D eigenvalue weighted by Crippen LogP contribution is 2.42. The van der Waals surface area contributed by atoms with Crippen molar-refractivity contribution < 1.29 is 23.8 Å². The summed E-state index contributed by atoms with van der Waals surface area (Å²) in [5.74, 6) is -0.966. The number of benzene rings is 2. The van der Waals surface area contributed by atoms with Gasteiger partial charge in [-0.1, -0.05) is 24.6 Å². The predicted molar refractivity (Wildman–Crippen MR) is 114 cm³/mol. The summed E-state index contributed by atoms with van der Waals surface area (Å²) in [6.45, 7) is 1.85. The number of aliphatic carboxylic acids is 1. The number of carbonyl (C=O) groups excluding carboxylic acids is 1. The van der Waals surface area contributed by atoms with E-state index in [1.54, 1.807) is 6.07 Å². The Balaban J connectivity index is 1.39. The zero-order chi connectivity index (χ0) is 21.5. The highest BCUT2D eigenvalue weighted by atomic mass is 19.1. The van der Waals surface area contributed by atoms with Crippen LogP contribution in [0.5, 0.6) is 0 Å². The number of halogens is 1. The molecular formula is C24H23FN2O4. The fraction of sp³-hybridized carbons (Fsp3) is 0.333. The molecule has 2 aromatic rings. The summed E-state index contributed by atoms with van der Waals surface area (Å²) in [5, 5.41) is 12.2. The molecule has 0 radical (unpaired) electrons. The fourth-order valence-corrected chi connectivity index (χ4v) is 4.75. The molecule has 7 heteroatoms. The first kappa shape index (κ1) is 19.8. The zero-order valence-corrected chi connectivity index (χ0v) is 17.0. The Morgan fingerprint density at radius 2 is 2.06 bits per heavy atom. The lowest BCUT2D eigenvalue weighted by atomic mass is 9.97. The van der Waals surface area contributed by atoms with Gasteiger partial charge in [-0.05, 0) is 49.6 Å². The molecule has 1 amide bonds. The van der Waals surface area contributed by atoms with Gasteiger partial charge in [0.25, 0.3) is 5.91 Å². The molecule has 5 rings (SSSR count). The number of carboxylic acid groups (broad SMARTS) is 1. The van der Waals surface area contributed by atoms with E-state index in [9.17, 15) is 19.1 Å². The molecule has 2 N–H and O–H groups in total. The van der Waals surface area contributed by atoms with Gasteiger partial charge >= 0.3 is 5.97 Å². The van der Waals surface area contributed by atoms with E-state index in [4.69, 9.17) is 4.74 Å². The number of piperidine rings is 1. The Labute approximate surface area is 179 Å². The van der Waals surface area contributed by atoms with Gasteiger partial charge < -0.3 is 15.2 Å². The number of likely N-dealkylation sites (tertiary alicyclic amines) is 1. The summed E-state index contributed by atoms with van der Waals surface area (Å²) >= 11 is 0. The van der Waals surface area contributed by atoms with Crippen LogP contribution in [0.25, 0.3) is 11.3 Å². The SMILES string of the molecule is O=C1Nc2ccc(F)cc2C1=C1OCc2cc(CCN3CCCCC3C(=O)O)ccc21. The second kappa shape index (κ2) is 7.81. The molecule has 1 fully saturated rings. The Kier molecular flexibility index (Phi) is 4.98. The van der Waals surface area contributed by atoms with Crippen LogP contribution < -0.4 is 5.32 Å². The van der Waals surface area contributed by atoms with Gasteiger partial charge in [0, 0.05) is 28.9 Å². The third-order valence-electron chi connectivity index (χ3n) is 6.33. The minimum Gasteiger partial charge on any atom is -0.487 e. The number of carbonyl (C=O) groups is 2. The van der Waals surface area contributed by atoms with E-state index in [-0.39, 0.29) is 5.91 Å². The van der Waals surface area contributed by atoms with Gasteiger partial charge in [-0.15, -0.1) is 0 Å². The smallest absolute Gasteiger partial charge is 0.320 e.